The molecule has 0 spiro atoms. The molecule has 0 aromatic carbocycles. The third kappa shape index (κ3) is 2.56. The van der Waals surface area contributed by atoms with Crippen molar-refractivity contribution >= 4 is 5.91 Å². The quantitative estimate of drug-likeness (QED) is 0.751. The van der Waals surface area contributed by atoms with E-state index in [2.05, 4.69) is 5.10 Å². The molecule has 1 N–H and O–H groups in total. The Labute approximate surface area is 88.3 Å². The van der Waals surface area contributed by atoms with Crippen molar-refractivity contribution in [2.45, 2.75) is 25.5 Å². The van der Waals surface area contributed by atoms with E-state index in [1.165, 1.54) is 0 Å². The minimum absolute atomic E-state index is 0.0583. The second-order valence-corrected chi connectivity index (χ2v) is 3.82. The smallest absolute Gasteiger partial charge is 0.225 e. The van der Waals surface area contributed by atoms with Crippen LogP contribution < -0.4 is 0 Å². The predicted octanol–water partition coefficient (Wildman–Crippen LogP) is -0.134. The molecular formula is C10H15N3O2. The van der Waals surface area contributed by atoms with Crippen LogP contribution in [0, 0.1) is 0 Å². The van der Waals surface area contributed by atoms with Crippen LogP contribution in [0.4, 0.5) is 0 Å². The SMILES string of the molecule is O=C1CC(O)CN1CCCn1cccn1. The molecule has 1 aliphatic heterocycles. The Morgan fingerprint density at radius 3 is 3.00 bits per heavy atom. The summed E-state index contributed by atoms with van der Waals surface area (Å²) in [6, 6.07) is 1.88. The highest BCUT2D eigenvalue weighted by molar-refractivity contribution is 5.78. The summed E-state index contributed by atoms with van der Waals surface area (Å²) in [5, 5.41) is 13.4. The predicted molar refractivity (Wildman–Crippen MR) is 54.0 cm³/mol. The molecule has 1 aromatic heterocycles. The van der Waals surface area contributed by atoms with E-state index >= 15 is 0 Å². The first-order valence-corrected chi connectivity index (χ1v) is 5.19. The minimum Gasteiger partial charge on any atom is -0.391 e. The van der Waals surface area contributed by atoms with Gasteiger partial charge in [-0.25, -0.2) is 0 Å². The summed E-state index contributed by atoms with van der Waals surface area (Å²) in [6.07, 6.45) is 4.33. The maximum atomic E-state index is 11.3. The summed E-state index contributed by atoms with van der Waals surface area (Å²) in [6.45, 7) is 2.00. The highest BCUT2D eigenvalue weighted by Crippen LogP contribution is 2.10. The summed E-state index contributed by atoms with van der Waals surface area (Å²) in [5.74, 6) is 0.0583. The lowest BCUT2D eigenvalue weighted by atomic mass is 10.3. The number of aliphatic hydroxyl groups excluding tert-OH is 1. The number of aryl methyl sites for hydroxylation is 1. The number of β-amino-alcohol motifs (C(OH)–C–C–N with tert-alkyl or cyclic N) is 1. The summed E-state index contributed by atoms with van der Waals surface area (Å²) in [5.41, 5.74) is 0. The Morgan fingerprint density at radius 1 is 1.53 bits per heavy atom. The van der Waals surface area contributed by atoms with E-state index < -0.39 is 6.10 Å². The van der Waals surface area contributed by atoms with Crippen LogP contribution in [0.5, 0.6) is 0 Å². The maximum Gasteiger partial charge on any atom is 0.225 e. The average molecular weight is 209 g/mol. The first kappa shape index (κ1) is 10.2. The van der Waals surface area contributed by atoms with Crippen LogP contribution in [0.3, 0.4) is 0 Å². The number of aromatic nitrogens is 2. The summed E-state index contributed by atoms with van der Waals surface area (Å²) < 4.78 is 1.84. The van der Waals surface area contributed by atoms with E-state index in [-0.39, 0.29) is 12.3 Å². The molecule has 0 radical (unpaired) electrons. The number of hydrogen-bond acceptors (Lipinski definition) is 3. The Hall–Kier alpha value is -1.36. The topological polar surface area (TPSA) is 58.4 Å². The molecule has 82 valence electrons. The molecule has 1 atom stereocenters. The van der Waals surface area contributed by atoms with Crippen LogP contribution in [-0.2, 0) is 11.3 Å². The van der Waals surface area contributed by atoms with Crippen LogP contribution in [0.1, 0.15) is 12.8 Å². The van der Waals surface area contributed by atoms with Gasteiger partial charge in [0.05, 0.1) is 12.5 Å². The van der Waals surface area contributed by atoms with Gasteiger partial charge in [-0.2, -0.15) is 5.10 Å². The number of aliphatic hydroxyl groups is 1. The fourth-order valence-electron chi connectivity index (χ4n) is 1.82. The van der Waals surface area contributed by atoms with Gasteiger partial charge in [-0.05, 0) is 12.5 Å². The van der Waals surface area contributed by atoms with Gasteiger partial charge in [0.25, 0.3) is 0 Å². The van der Waals surface area contributed by atoms with Crippen LogP contribution in [0.25, 0.3) is 0 Å². The summed E-state index contributed by atoms with van der Waals surface area (Å²) in [7, 11) is 0. The fourth-order valence-corrected chi connectivity index (χ4v) is 1.82. The van der Waals surface area contributed by atoms with E-state index in [0.717, 1.165) is 13.0 Å². The zero-order chi connectivity index (χ0) is 10.7. The van der Waals surface area contributed by atoms with E-state index in [0.29, 0.717) is 13.1 Å². The number of amides is 1. The van der Waals surface area contributed by atoms with Gasteiger partial charge in [0.2, 0.25) is 5.91 Å². The molecule has 1 aliphatic rings. The van der Waals surface area contributed by atoms with Gasteiger partial charge in [-0.3, -0.25) is 9.48 Å². The highest BCUT2D eigenvalue weighted by atomic mass is 16.3. The number of carbonyl (C=O) groups is 1. The normalized spacial score (nSPS) is 21.3. The molecule has 2 heterocycles. The van der Waals surface area contributed by atoms with Gasteiger partial charge in [0.15, 0.2) is 0 Å². The van der Waals surface area contributed by atoms with Crippen molar-refractivity contribution in [3.05, 3.63) is 18.5 Å². The monoisotopic (exact) mass is 209 g/mol. The molecular weight excluding hydrogens is 194 g/mol. The summed E-state index contributed by atoms with van der Waals surface area (Å²) in [4.78, 5) is 13.0. The lowest BCUT2D eigenvalue weighted by Gasteiger charge is -2.15. The van der Waals surface area contributed by atoms with Gasteiger partial charge >= 0.3 is 0 Å². The molecule has 2 rings (SSSR count). The second-order valence-electron chi connectivity index (χ2n) is 3.82. The fraction of sp³-hybridized carbons (Fsp3) is 0.600. The van der Waals surface area contributed by atoms with E-state index in [1.807, 2.05) is 16.9 Å². The Bertz CT molecular complexity index is 323. The number of carbonyl (C=O) groups excluding carboxylic acids is 1. The molecule has 0 bridgehead atoms. The first-order chi connectivity index (χ1) is 7.25. The zero-order valence-corrected chi connectivity index (χ0v) is 8.54. The van der Waals surface area contributed by atoms with Crippen molar-refractivity contribution in [3.63, 3.8) is 0 Å². The number of likely N-dealkylation sites (tertiary alicyclic amines) is 1. The molecule has 5 heteroatoms. The van der Waals surface area contributed by atoms with Crippen LogP contribution in [0.15, 0.2) is 18.5 Å². The van der Waals surface area contributed by atoms with Gasteiger partial charge < -0.3 is 10.0 Å². The van der Waals surface area contributed by atoms with Crippen LogP contribution >= 0.6 is 0 Å². The third-order valence-electron chi connectivity index (χ3n) is 2.57. The Morgan fingerprint density at radius 2 is 2.40 bits per heavy atom. The highest BCUT2D eigenvalue weighted by Gasteiger charge is 2.26. The Balaban J connectivity index is 1.72. The molecule has 1 aromatic rings. The molecule has 1 saturated heterocycles. The van der Waals surface area contributed by atoms with Crippen molar-refractivity contribution in [1.29, 1.82) is 0 Å². The van der Waals surface area contributed by atoms with E-state index in [9.17, 15) is 9.90 Å². The van der Waals surface area contributed by atoms with E-state index in [4.69, 9.17) is 0 Å². The molecule has 1 unspecified atom stereocenters. The van der Waals surface area contributed by atoms with Crippen molar-refractivity contribution < 1.29 is 9.90 Å². The lowest BCUT2D eigenvalue weighted by molar-refractivity contribution is -0.127. The van der Waals surface area contributed by atoms with E-state index in [1.54, 1.807) is 11.1 Å². The average Bonchev–Trinajstić information content (AvgIpc) is 2.77. The number of rotatable bonds is 4. The van der Waals surface area contributed by atoms with Crippen molar-refractivity contribution in [1.82, 2.24) is 14.7 Å². The number of nitrogens with zero attached hydrogens (tertiary/aromatic N) is 3. The standard InChI is InChI=1S/C10H15N3O2/c14-9-7-10(15)12(8-9)4-2-6-13-5-1-3-11-13/h1,3,5,9,14H,2,4,6-8H2. The molecule has 0 saturated carbocycles. The molecule has 1 fully saturated rings. The largest absolute Gasteiger partial charge is 0.391 e. The molecule has 0 aliphatic carbocycles. The minimum atomic E-state index is -0.470. The first-order valence-electron chi connectivity index (χ1n) is 5.19. The van der Waals surface area contributed by atoms with Crippen molar-refractivity contribution in [2.75, 3.05) is 13.1 Å². The summed E-state index contributed by atoms with van der Waals surface area (Å²) >= 11 is 0. The van der Waals surface area contributed by atoms with Gasteiger partial charge in [0.1, 0.15) is 0 Å². The van der Waals surface area contributed by atoms with Crippen LogP contribution in [-0.4, -0.2) is 44.9 Å². The van der Waals surface area contributed by atoms with Crippen molar-refractivity contribution in [2.24, 2.45) is 0 Å². The van der Waals surface area contributed by atoms with Crippen molar-refractivity contribution in [3.8, 4) is 0 Å². The Kier molecular flexibility index (Phi) is 3.01. The molecule has 1 amide bonds. The molecule has 5 nitrogen and oxygen atoms in total. The van der Waals surface area contributed by atoms with Gasteiger partial charge in [-0.15, -0.1) is 0 Å². The lowest BCUT2D eigenvalue weighted by Crippen LogP contribution is -2.27. The maximum absolute atomic E-state index is 11.3. The molecule has 15 heavy (non-hydrogen) atoms. The van der Waals surface area contributed by atoms with Crippen LogP contribution in [0.2, 0.25) is 0 Å². The van der Waals surface area contributed by atoms with Gasteiger partial charge in [0, 0.05) is 32.0 Å². The van der Waals surface area contributed by atoms with Gasteiger partial charge in [-0.1, -0.05) is 0 Å². The zero-order valence-electron chi connectivity index (χ0n) is 8.54. The third-order valence-corrected chi connectivity index (χ3v) is 2.57. The second kappa shape index (κ2) is 4.44. The number of hydrogen-bond donors (Lipinski definition) is 1.